The van der Waals surface area contributed by atoms with E-state index in [1.54, 1.807) is 0 Å². The second-order valence-corrected chi connectivity index (χ2v) is 4.15. The Morgan fingerprint density at radius 3 is 2.65 bits per heavy atom. The zero-order valence-electron chi connectivity index (χ0n) is 10.6. The molecule has 0 bridgehead atoms. The van der Waals surface area contributed by atoms with Crippen molar-refractivity contribution in [1.82, 2.24) is 4.90 Å². The van der Waals surface area contributed by atoms with Gasteiger partial charge in [0.2, 0.25) is 0 Å². The van der Waals surface area contributed by atoms with Crippen LogP contribution >= 0.6 is 0 Å². The number of hydrogen-bond acceptors (Lipinski definition) is 2. The summed E-state index contributed by atoms with van der Waals surface area (Å²) in [6.07, 6.45) is 3.16. The average Bonchev–Trinajstić information content (AvgIpc) is 2.37. The Morgan fingerprint density at radius 2 is 2.06 bits per heavy atom. The first-order valence-electron chi connectivity index (χ1n) is 6.15. The van der Waals surface area contributed by atoms with Crippen molar-refractivity contribution in [2.45, 2.75) is 26.3 Å². The monoisotopic (exact) mass is 231 g/mol. The molecule has 0 unspecified atom stereocenters. The Labute approximate surface area is 104 Å². The number of benzene rings is 1. The van der Waals surface area contributed by atoms with Gasteiger partial charge >= 0.3 is 0 Å². The van der Waals surface area contributed by atoms with Crippen molar-refractivity contribution in [3.8, 4) is 0 Å². The maximum atomic E-state index is 11.3. The van der Waals surface area contributed by atoms with Crippen LogP contribution in [-0.4, -0.2) is 23.8 Å². The van der Waals surface area contributed by atoms with Crippen LogP contribution in [0.1, 0.15) is 25.3 Å². The normalized spacial score (nSPS) is 10.5. The molecule has 0 fully saturated rings. The van der Waals surface area contributed by atoms with Crippen LogP contribution < -0.4 is 0 Å². The molecule has 0 aliphatic carbocycles. The summed E-state index contributed by atoms with van der Waals surface area (Å²) in [7, 11) is 0. The quantitative estimate of drug-likeness (QED) is 0.641. The van der Waals surface area contributed by atoms with Gasteiger partial charge in [0.05, 0.1) is 0 Å². The van der Waals surface area contributed by atoms with Gasteiger partial charge in [0.15, 0.2) is 0 Å². The molecular formula is C15H21NO. The van der Waals surface area contributed by atoms with E-state index in [1.165, 1.54) is 5.56 Å². The van der Waals surface area contributed by atoms with Crippen LogP contribution in [0.2, 0.25) is 0 Å². The van der Waals surface area contributed by atoms with E-state index in [1.807, 2.05) is 31.2 Å². The summed E-state index contributed by atoms with van der Waals surface area (Å²) in [5.41, 5.74) is 1.28. The molecule has 0 spiro atoms. The van der Waals surface area contributed by atoms with Crippen LogP contribution in [0.3, 0.4) is 0 Å². The first-order chi connectivity index (χ1) is 8.26. The minimum atomic E-state index is 0.326. The van der Waals surface area contributed by atoms with E-state index in [-0.39, 0.29) is 0 Å². The SMILES string of the molecule is C=CCN(CCC(=O)CC)Cc1ccccc1. The van der Waals surface area contributed by atoms with E-state index in [0.29, 0.717) is 18.6 Å². The van der Waals surface area contributed by atoms with Crippen LogP contribution in [0.15, 0.2) is 43.0 Å². The fraction of sp³-hybridized carbons (Fsp3) is 0.400. The summed E-state index contributed by atoms with van der Waals surface area (Å²) >= 11 is 0. The van der Waals surface area contributed by atoms with Crippen molar-refractivity contribution in [1.29, 1.82) is 0 Å². The van der Waals surface area contributed by atoms with Crippen LogP contribution in [0.4, 0.5) is 0 Å². The highest BCUT2D eigenvalue weighted by molar-refractivity contribution is 5.78. The number of ketones is 1. The Kier molecular flexibility index (Phi) is 6.26. The third-order valence-electron chi connectivity index (χ3n) is 2.74. The highest BCUT2D eigenvalue weighted by Crippen LogP contribution is 2.05. The number of nitrogens with zero attached hydrogens (tertiary/aromatic N) is 1. The molecule has 2 nitrogen and oxygen atoms in total. The molecule has 2 heteroatoms. The smallest absolute Gasteiger partial charge is 0.133 e. The van der Waals surface area contributed by atoms with E-state index < -0.39 is 0 Å². The Bertz CT molecular complexity index is 345. The van der Waals surface area contributed by atoms with Crippen molar-refractivity contribution >= 4 is 5.78 Å². The molecule has 17 heavy (non-hydrogen) atoms. The molecule has 0 heterocycles. The van der Waals surface area contributed by atoms with E-state index >= 15 is 0 Å². The van der Waals surface area contributed by atoms with Crippen molar-refractivity contribution in [2.24, 2.45) is 0 Å². The first-order valence-corrected chi connectivity index (χ1v) is 6.15. The maximum Gasteiger partial charge on any atom is 0.133 e. The van der Waals surface area contributed by atoms with E-state index in [2.05, 4.69) is 23.6 Å². The summed E-state index contributed by atoms with van der Waals surface area (Å²) < 4.78 is 0. The van der Waals surface area contributed by atoms with Gasteiger partial charge in [-0.05, 0) is 5.56 Å². The highest BCUT2D eigenvalue weighted by Gasteiger charge is 2.06. The molecule has 92 valence electrons. The summed E-state index contributed by atoms with van der Waals surface area (Å²) in [5, 5.41) is 0. The van der Waals surface area contributed by atoms with Crippen LogP contribution in [0.25, 0.3) is 0 Å². The lowest BCUT2D eigenvalue weighted by Crippen LogP contribution is -2.26. The fourth-order valence-electron chi connectivity index (χ4n) is 1.72. The van der Waals surface area contributed by atoms with Crippen molar-refractivity contribution < 1.29 is 4.79 Å². The largest absolute Gasteiger partial charge is 0.300 e. The van der Waals surface area contributed by atoms with Gasteiger partial charge < -0.3 is 0 Å². The van der Waals surface area contributed by atoms with Gasteiger partial charge in [-0.15, -0.1) is 6.58 Å². The zero-order chi connectivity index (χ0) is 12.5. The number of Topliss-reactive ketones (excluding diaryl/α,β-unsaturated/α-hetero) is 1. The predicted molar refractivity (Wildman–Crippen MR) is 71.8 cm³/mol. The Balaban J connectivity index is 2.48. The molecule has 0 aliphatic heterocycles. The lowest BCUT2D eigenvalue weighted by Gasteiger charge is -2.20. The molecule has 0 aliphatic rings. The van der Waals surface area contributed by atoms with E-state index in [0.717, 1.165) is 19.6 Å². The Hall–Kier alpha value is -1.41. The van der Waals surface area contributed by atoms with Crippen molar-refractivity contribution in [3.05, 3.63) is 48.6 Å². The average molecular weight is 231 g/mol. The lowest BCUT2D eigenvalue weighted by atomic mass is 10.2. The molecule has 0 radical (unpaired) electrons. The van der Waals surface area contributed by atoms with Crippen LogP contribution in [-0.2, 0) is 11.3 Å². The standard InChI is InChI=1S/C15H21NO/c1-3-11-16(12-10-15(17)4-2)13-14-8-6-5-7-9-14/h3,5-9H,1,4,10-13H2,2H3. The molecular weight excluding hydrogens is 210 g/mol. The summed E-state index contributed by atoms with van der Waals surface area (Å²) in [4.78, 5) is 13.6. The van der Waals surface area contributed by atoms with Gasteiger partial charge in [0.25, 0.3) is 0 Å². The predicted octanol–water partition coefficient (Wildman–Crippen LogP) is 3.04. The summed E-state index contributed by atoms with van der Waals surface area (Å²) in [5.74, 6) is 0.326. The minimum Gasteiger partial charge on any atom is -0.300 e. The second kappa shape index (κ2) is 7.80. The summed E-state index contributed by atoms with van der Waals surface area (Å²) in [6.45, 7) is 8.19. The van der Waals surface area contributed by atoms with Gasteiger partial charge in [-0.3, -0.25) is 9.69 Å². The molecule has 0 saturated heterocycles. The van der Waals surface area contributed by atoms with E-state index in [9.17, 15) is 4.79 Å². The molecule has 0 aromatic heterocycles. The molecule has 1 rings (SSSR count). The molecule has 0 amide bonds. The third kappa shape index (κ3) is 5.45. The van der Waals surface area contributed by atoms with Crippen LogP contribution in [0, 0.1) is 0 Å². The number of carbonyl (C=O) groups is 1. The second-order valence-electron chi connectivity index (χ2n) is 4.15. The molecule has 1 aromatic carbocycles. The zero-order valence-corrected chi connectivity index (χ0v) is 10.6. The Morgan fingerprint density at radius 1 is 1.35 bits per heavy atom. The topological polar surface area (TPSA) is 20.3 Å². The van der Waals surface area contributed by atoms with Crippen LogP contribution in [0.5, 0.6) is 0 Å². The number of rotatable bonds is 8. The van der Waals surface area contributed by atoms with Gasteiger partial charge in [0, 0.05) is 32.5 Å². The van der Waals surface area contributed by atoms with Crippen molar-refractivity contribution in [3.63, 3.8) is 0 Å². The molecule has 0 N–H and O–H groups in total. The highest BCUT2D eigenvalue weighted by atomic mass is 16.1. The van der Waals surface area contributed by atoms with Gasteiger partial charge in [0.1, 0.15) is 5.78 Å². The molecule has 1 aromatic rings. The van der Waals surface area contributed by atoms with Gasteiger partial charge in [-0.25, -0.2) is 0 Å². The molecule has 0 atom stereocenters. The van der Waals surface area contributed by atoms with Gasteiger partial charge in [-0.1, -0.05) is 43.3 Å². The first kappa shape index (κ1) is 13.7. The lowest BCUT2D eigenvalue weighted by molar-refractivity contribution is -0.119. The summed E-state index contributed by atoms with van der Waals surface area (Å²) in [6, 6.07) is 10.3. The third-order valence-corrected chi connectivity index (χ3v) is 2.74. The molecule has 0 saturated carbocycles. The number of hydrogen-bond donors (Lipinski definition) is 0. The van der Waals surface area contributed by atoms with Gasteiger partial charge in [-0.2, -0.15) is 0 Å². The fourth-order valence-corrected chi connectivity index (χ4v) is 1.72. The van der Waals surface area contributed by atoms with E-state index in [4.69, 9.17) is 0 Å². The number of carbonyl (C=O) groups excluding carboxylic acids is 1. The van der Waals surface area contributed by atoms with Crippen molar-refractivity contribution in [2.75, 3.05) is 13.1 Å². The minimum absolute atomic E-state index is 0.326. The maximum absolute atomic E-state index is 11.3.